The standard InChI is InChI=1S/C36H52B2O4/c1-12-13-14-15-16-17-24(2)32-25(3)30-22-26(37-39-33(4,5)34(6,7)40-37)18-20-28(30)29-21-19-27(23-31(29)32)38-41-35(8,9)36(10,11)42-38/h18-24H,12-17H2,1-11H3. The Labute approximate surface area is 255 Å². The van der Waals surface area contributed by atoms with Crippen molar-refractivity contribution in [2.75, 3.05) is 0 Å². The van der Waals surface area contributed by atoms with Gasteiger partial charge in [-0.3, -0.25) is 0 Å². The molecular weight excluding hydrogens is 518 g/mol. The van der Waals surface area contributed by atoms with Gasteiger partial charge in [0.25, 0.3) is 0 Å². The molecule has 2 heterocycles. The van der Waals surface area contributed by atoms with E-state index in [0.29, 0.717) is 5.92 Å². The van der Waals surface area contributed by atoms with Gasteiger partial charge in [-0.05, 0) is 118 Å². The summed E-state index contributed by atoms with van der Waals surface area (Å²) in [5.41, 5.74) is 3.48. The highest BCUT2D eigenvalue weighted by molar-refractivity contribution is 6.63. The minimum Gasteiger partial charge on any atom is -0.399 e. The van der Waals surface area contributed by atoms with Crippen LogP contribution in [0.5, 0.6) is 0 Å². The van der Waals surface area contributed by atoms with Crippen molar-refractivity contribution in [2.24, 2.45) is 0 Å². The monoisotopic (exact) mass is 570 g/mol. The van der Waals surface area contributed by atoms with Crippen molar-refractivity contribution in [1.29, 1.82) is 0 Å². The molecule has 1 unspecified atom stereocenters. The largest absolute Gasteiger partial charge is 0.494 e. The zero-order valence-corrected chi connectivity index (χ0v) is 28.1. The van der Waals surface area contributed by atoms with E-state index in [-0.39, 0.29) is 36.6 Å². The highest BCUT2D eigenvalue weighted by Gasteiger charge is 2.52. The van der Waals surface area contributed by atoms with Crippen LogP contribution in [-0.4, -0.2) is 36.6 Å². The van der Waals surface area contributed by atoms with E-state index in [0.717, 1.165) is 10.9 Å². The molecule has 4 nitrogen and oxygen atoms in total. The molecule has 0 radical (unpaired) electrons. The number of rotatable bonds is 9. The molecule has 42 heavy (non-hydrogen) atoms. The average Bonchev–Trinajstić information content (AvgIpc) is 3.27. The lowest BCUT2D eigenvalue weighted by atomic mass is 9.74. The Morgan fingerprint density at radius 2 is 1.02 bits per heavy atom. The lowest BCUT2D eigenvalue weighted by Crippen LogP contribution is -2.41. The van der Waals surface area contributed by atoms with E-state index in [1.165, 1.54) is 71.2 Å². The molecule has 3 aromatic carbocycles. The quantitative estimate of drug-likeness (QED) is 0.147. The fourth-order valence-electron chi connectivity index (χ4n) is 6.56. The molecule has 5 rings (SSSR count). The fraction of sp³-hybridized carbons (Fsp3) is 0.611. The second kappa shape index (κ2) is 11.3. The van der Waals surface area contributed by atoms with Gasteiger partial charge in [0, 0.05) is 0 Å². The number of aryl methyl sites for hydroxylation is 1. The van der Waals surface area contributed by atoms with Crippen LogP contribution in [0.2, 0.25) is 0 Å². The van der Waals surface area contributed by atoms with E-state index < -0.39 is 0 Å². The molecule has 0 aromatic heterocycles. The number of unbranched alkanes of at least 4 members (excludes halogenated alkanes) is 4. The maximum atomic E-state index is 6.48. The van der Waals surface area contributed by atoms with E-state index in [1.54, 1.807) is 0 Å². The molecule has 1 atom stereocenters. The van der Waals surface area contributed by atoms with Gasteiger partial charge in [-0.15, -0.1) is 0 Å². The molecule has 0 bridgehead atoms. The first kappa shape index (κ1) is 31.6. The van der Waals surface area contributed by atoms with Gasteiger partial charge in [-0.1, -0.05) is 82.3 Å². The summed E-state index contributed by atoms with van der Waals surface area (Å²) in [4.78, 5) is 0. The number of hydrogen-bond acceptors (Lipinski definition) is 4. The van der Waals surface area contributed by atoms with E-state index >= 15 is 0 Å². The first-order valence-corrected chi connectivity index (χ1v) is 16.3. The summed E-state index contributed by atoms with van der Waals surface area (Å²) in [6.07, 6.45) is 7.66. The van der Waals surface area contributed by atoms with Crippen molar-refractivity contribution in [3.8, 4) is 0 Å². The Bertz CT molecular complexity index is 1430. The van der Waals surface area contributed by atoms with Gasteiger partial charge < -0.3 is 18.6 Å². The average molecular weight is 570 g/mol. The third-order valence-electron chi connectivity index (χ3n) is 10.8. The van der Waals surface area contributed by atoms with Crippen molar-refractivity contribution in [3.05, 3.63) is 47.5 Å². The van der Waals surface area contributed by atoms with E-state index in [1.807, 2.05) is 0 Å². The maximum Gasteiger partial charge on any atom is 0.494 e. The van der Waals surface area contributed by atoms with Gasteiger partial charge in [0.15, 0.2) is 0 Å². The first-order valence-electron chi connectivity index (χ1n) is 16.3. The molecule has 0 amide bonds. The molecule has 0 saturated carbocycles. The number of fused-ring (bicyclic) bond motifs is 3. The summed E-state index contributed by atoms with van der Waals surface area (Å²) in [5.74, 6) is 0.438. The second-order valence-corrected chi connectivity index (χ2v) is 14.9. The van der Waals surface area contributed by atoms with E-state index in [4.69, 9.17) is 18.6 Å². The molecule has 226 valence electrons. The third kappa shape index (κ3) is 5.58. The lowest BCUT2D eigenvalue weighted by molar-refractivity contribution is 0.00578. The molecule has 0 aliphatic carbocycles. The Balaban J connectivity index is 1.60. The van der Waals surface area contributed by atoms with Crippen molar-refractivity contribution in [1.82, 2.24) is 0 Å². The van der Waals surface area contributed by atoms with Crippen LogP contribution in [0.25, 0.3) is 21.5 Å². The zero-order valence-electron chi connectivity index (χ0n) is 28.1. The van der Waals surface area contributed by atoms with Crippen LogP contribution in [0.4, 0.5) is 0 Å². The minimum absolute atomic E-state index is 0.369. The van der Waals surface area contributed by atoms with Gasteiger partial charge in [0.1, 0.15) is 0 Å². The number of hydrogen-bond donors (Lipinski definition) is 0. The smallest absolute Gasteiger partial charge is 0.399 e. The molecule has 2 saturated heterocycles. The molecule has 3 aromatic rings. The Morgan fingerprint density at radius 1 is 0.595 bits per heavy atom. The lowest BCUT2D eigenvalue weighted by Gasteiger charge is -2.32. The predicted molar refractivity (Wildman–Crippen MR) is 179 cm³/mol. The van der Waals surface area contributed by atoms with Crippen molar-refractivity contribution < 1.29 is 18.6 Å². The third-order valence-corrected chi connectivity index (χ3v) is 10.8. The van der Waals surface area contributed by atoms with Gasteiger partial charge in [0.2, 0.25) is 0 Å². The summed E-state index contributed by atoms with van der Waals surface area (Å²) < 4.78 is 25.8. The van der Waals surface area contributed by atoms with E-state index in [2.05, 4.69) is 113 Å². The summed E-state index contributed by atoms with van der Waals surface area (Å²) >= 11 is 0. The summed E-state index contributed by atoms with van der Waals surface area (Å²) in [6.45, 7) is 23.9. The van der Waals surface area contributed by atoms with Crippen LogP contribution < -0.4 is 10.9 Å². The summed E-state index contributed by atoms with van der Waals surface area (Å²) in [7, 11) is -0.752. The molecule has 0 spiro atoms. The second-order valence-electron chi connectivity index (χ2n) is 14.9. The Kier molecular flexibility index (Phi) is 8.46. The van der Waals surface area contributed by atoms with E-state index in [9.17, 15) is 0 Å². The van der Waals surface area contributed by atoms with Crippen LogP contribution in [0.3, 0.4) is 0 Å². The molecule has 2 aliphatic rings. The zero-order chi connectivity index (χ0) is 30.7. The SMILES string of the molecule is CCCCCCCC(C)c1c(C)c2cc(B3OC(C)(C)C(C)(C)O3)ccc2c2ccc(B3OC(C)(C)C(C)(C)O3)cc12. The topological polar surface area (TPSA) is 36.9 Å². The summed E-state index contributed by atoms with van der Waals surface area (Å²) in [5, 5.41) is 5.15. The van der Waals surface area contributed by atoms with Crippen LogP contribution in [-0.2, 0) is 18.6 Å². The highest BCUT2D eigenvalue weighted by Crippen LogP contribution is 2.41. The van der Waals surface area contributed by atoms with Crippen molar-refractivity contribution >= 4 is 46.7 Å². The highest BCUT2D eigenvalue weighted by atomic mass is 16.7. The molecular formula is C36H52B2O4. The Morgan fingerprint density at radius 3 is 1.50 bits per heavy atom. The Hall–Kier alpha value is -1.85. The molecule has 0 N–H and O–H groups in total. The molecule has 2 aliphatic heterocycles. The predicted octanol–water partition coefficient (Wildman–Crippen LogP) is 8.36. The van der Waals surface area contributed by atoms with Crippen LogP contribution >= 0.6 is 0 Å². The molecule has 6 heteroatoms. The van der Waals surface area contributed by atoms with Gasteiger partial charge in [-0.2, -0.15) is 0 Å². The van der Waals surface area contributed by atoms with Gasteiger partial charge >= 0.3 is 14.2 Å². The normalized spacial score (nSPS) is 21.5. The van der Waals surface area contributed by atoms with Crippen LogP contribution in [0.15, 0.2) is 36.4 Å². The first-order chi connectivity index (χ1) is 19.6. The molecule has 2 fully saturated rings. The maximum absolute atomic E-state index is 6.48. The van der Waals surface area contributed by atoms with Crippen molar-refractivity contribution in [3.63, 3.8) is 0 Å². The van der Waals surface area contributed by atoms with Gasteiger partial charge in [-0.25, -0.2) is 0 Å². The fourth-order valence-corrected chi connectivity index (χ4v) is 6.56. The van der Waals surface area contributed by atoms with Gasteiger partial charge in [0.05, 0.1) is 22.4 Å². The minimum atomic E-state index is -0.377. The van der Waals surface area contributed by atoms with Crippen LogP contribution in [0.1, 0.15) is 125 Å². The van der Waals surface area contributed by atoms with Crippen molar-refractivity contribution in [2.45, 2.75) is 143 Å². The van der Waals surface area contributed by atoms with Crippen LogP contribution in [0, 0.1) is 6.92 Å². The number of benzene rings is 3. The summed E-state index contributed by atoms with van der Waals surface area (Å²) in [6, 6.07) is 13.6.